The van der Waals surface area contributed by atoms with E-state index in [2.05, 4.69) is 54.3 Å². The molecule has 1 fully saturated rings. The standard InChI is InChI=1S/C17H26BrNO/c1-11-5-6-13(9-12(11)2)17(19-3)15-10-14(20-4)7-8-16(15)18/h7-8,10-13,17,19H,5-6,9H2,1-4H3. The third-order valence-corrected chi connectivity index (χ3v) is 5.68. The first kappa shape index (κ1) is 15.8. The SMILES string of the molecule is CNC(c1cc(OC)ccc1Br)C1CCC(C)C(C)C1. The van der Waals surface area contributed by atoms with Gasteiger partial charge < -0.3 is 10.1 Å². The molecule has 3 heteroatoms. The smallest absolute Gasteiger partial charge is 0.119 e. The van der Waals surface area contributed by atoms with Crippen molar-refractivity contribution in [2.75, 3.05) is 14.2 Å². The lowest BCUT2D eigenvalue weighted by Crippen LogP contribution is -2.31. The highest BCUT2D eigenvalue weighted by Gasteiger charge is 2.31. The minimum atomic E-state index is 0.398. The van der Waals surface area contributed by atoms with Crippen LogP contribution >= 0.6 is 15.9 Å². The summed E-state index contributed by atoms with van der Waals surface area (Å²) in [6, 6.07) is 6.65. The molecule has 1 aliphatic carbocycles. The van der Waals surface area contributed by atoms with Gasteiger partial charge in [-0.2, -0.15) is 0 Å². The molecule has 0 radical (unpaired) electrons. The van der Waals surface area contributed by atoms with Crippen LogP contribution in [0.3, 0.4) is 0 Å². The molecule has 112 valence electrons. The molecule has 20 heavy (non-hydrogen) atoms. The average molecular weight is 340 g/mol. The van der Waals surface area contributed by atoms with Crippen LogP contribution in [-0.2, 0) is 0 Å². The Morgan fingerprint density at radius 1 is 1.25 bits per heavy atom. The van der Waals surface area contributed by atoms with Crippen LogP contribution in [0.4, 0.5) is 0 Å². The minimum Gasteiger partial charge on any atom is -0.497 e. The van der Waals surface area contributed by atoms with Gasteiger partial charge in [-0.3, -0.25) is 0 Å². The Morgan fingerprint density at radius 2 is 2.00 bits per heavy atom. The van der Waals surface area contributed by atoms with Crippen LogP contribution in [0.25, 0.3) is 0 Å². The highest BCUT2D eigenvalue weighted by atomic mass is 79.9. The molecule has 2 rings (SSSR count). The van der Waals surface area contributed by atoms with Crippen molar-refractivity contribution >= 4 is 15.9 Å². The highest BCUT2D eigenvalue weighted by molar-refractivity contribution is 9.10. The monoisotopic (exact) mass is 339 g/mol. The number of rotatable bonds is 4. The van der Waals surface area contributed by atoms with Gasteiger partial charge in [-0.1, -0.05) is 36.2 Å². The van der Waals surface area contributed by atoms with Gasteiger partial charge in [0.05, 0.1) is 7.11 Å². The predicted molar refractivity (Wildman–Crippen MR) is 88.2 cm³/mol. The van der Waals surface area contributed by atoms with Crippen LogP contribution in [0.2, 0.25) is 0 Å². The first-order valence-corrected chi connectivity index (χ1v) is 8.36. The Balaban J connectivity index is 2.23. The van der Waals surface area contributed by atoms with E-state index < -0.39 is 0 Å². The number of methoxy groups -OCH3 is 1. The van der Waals surface area contributed by atoms with E-state index in [-0.39, 0.29) is 0 Å². The van der Waals surface area contributed by atoms with Crippen molar-refractivity contribution in [2.24, 2.45) is 17.8 Å². The molecule has 0 aromatic heterocycles. The van der Waals surface area contributed by atoms with E-state index in [1.807, 2.05) is 6.07 Å². The molecule has 0 amide bonds. The molecule has 1 N–H and O–H groups in total. The minimum absolute atomic E-state index is 0.398. The lowest BCUT2D eigenvalue weighted by molar-refractivity contribution is 0.174. The normalized spacial score (nSPS) is 28.1. The largest absolute Gasteiger partial charge is 0.497 e. The Bertz CT molecular complexity index is 449. The topological polar surface area (TPSA) is 21.3 Å². The zero-order valence-corrected chi connectivity index (χ0v) is 14.5. The van der Waals surface area contributed by atoms with Crippen molar-refractivity contribution in [1.82, 2.24) is 5.32 Å². The Morgan fingerprint density at radius 3 is 2.60 bits per heavy atom. The third kappa shape index (κ3) is 3.37. The Labute approximate surface area is 131 Å². The molecule has 0 aliphatic heterocycles. The second-order valence-electron chi connectivity index (χ2n) is 6.18. The van der Waals surface area contributed by atoms with Crippen molar-refractivity contribution in [3.63, 3.8) is 0 Å². The predicted octanol–water partition coefficient (Wildman–Crippen LogP) is 4.79. The number of ether oxygens (including phenoxy) is 1. The van der Waals surface area contributed by atoms with Gasteiger partial charge in [0.2, 0.25) is 0 Å². The van der Waals surface area contributed by atoms with E-state index in [9.17, 15) is 0 Å². The Kier molecular flexibility index (Phi) is 5.50. The molecule has 0 bridgehead atoms. The molecule has 0 saturated heterocycles. The fourth-order valence-electron chi connectivity index (χ4n) is 3.42. The molecule has 1 aromatic rings. The summed E-state index contributed by atoms with van der Waals surface area (Å²) >= 11 is 3.70. The number of nitrogens with one attached hydrogen (secondary N) is 1. The third-order valence-electron chi connectivity index (χ3n) is 4.96. The van der Waals surface area contributed by atoms with Crippen molar-refractivity contribution in [1.29, 1.82) is 0 Å². The lowest BCUT2D eigenvalue weighted by Gasteiger charge is -2.37. The molecule has 1 aromatic carbocycles. The maximum Gasteiger partial charge on any atom is 0.119 e. The van der Waals surface area contributed by atoms with E-state index in [0.29, 0.717) is 12.0 Å². The molecule has 1 saturated carbocycles. The van der Waals surface area contributed by atoms with Crippen LogP contribution in [0, 0.1) is 17.8 Å². The van der Waals surface area contributed by atoms with Gasteiger partial charge in [-0.05, 0) is 61.4 Å². The maximum absolute atomic E-state index is 5.38. The fourth-order valence-corrected chi connectivity index (χ4v) is 3.92. The fraction of sp³-hybridized carbons (Fsp3) is 0.647. The van der Waals surface area contributed by atoms with Gasteiger partial charge >= 0.3 is 0 Å². The molecular formula is C17H26BrNO. The van der Waals surface area contributed by atoms with E-state index >= 15 is 0 Å². The van der Waals surface area contributed by atoms with Gasteiger partial charge in [0.1, 0.15) is 5.75 Å². The van der Waals surface area contributed by atoms with E-state index in [1.165, 1.54) is 29.3 Å². The van der Waals surface area contributed by atoms with Crippen LogP contribution in [-0.4, -0.2) is 14.2 Å². The van der Waals surface area contributed by atoms with E-state index in [0.717, 1.165) is 17.6 Å². The summed E-state index contributed by atoms with van der Waals surface area (Å²) in [6.07, 6.45) is 3.95. The number of hydrogen-bond acceptors (Lipinski definition) is 2. The highest BCUT2D eigenvalue weighted by Crippen LogP contribution is 2.41. The Hall–Kier alpha value is -0.540. The molecule has 1 aliphatic rings. The maximum atomic E-state index is 5.38. The molecular weight excluding hydrogens is 314 g/mol. The van der Waals surface area contributed by atoms with Crippen LogP contribution in [0.1, 0.15) is 44.7 Å². The summed E-state index contributed by atoms with van der Waals surface area (Å²) in [7, 11) is 3.80. The van der Waals surface area contributed by atoms with Crippen molar-refractivity contribution in [3.05, 3.63) is 28.2 Å². The zero-order valence-electron chi connectivity index (χ0n) is 12.9. The average Bonchev–Trinajstić information content (AvgIpc) is 2.45. The summed E-state index contributed by atoms with van der Waals surface area (Å²) < 4.78 is 6.55. The van der Waals surface area contributed by atoms with Crippen LogP contribution < -0.4 is 10.1 Å². The first-order valence-electron chi connectivity index (χ1n) is 7.57. The van der Waals surface area contributed by atoms with Gasteiger partial charge in [-0.25, -0.2) is 0 Å². The number of halogens is 1. The second kappa shape index (κ2) is 6.95. The second-order valence-corrected chi connectivity index (χ2v) is 7.04. The molecule has 2 nitrogen and oxygen atoms in total. The van der Waals surface area contributed by atoms with Crippen molar-refractivity contribution in [3.8, 4) is 5.75 Å². The molecule has 4 unspecified atom stereocenters. The first-order chi connectivity index (χ1) is 9.56. The molecule has 0 heterocycles. The number of benzene rings is 1. The zero-order chi connectivity index (χ0) is 14.7. The van der Waals surface area contributed by atoms with Crippen LogP contribution in [0.15, 0.2) is 22.7 Å². The van der Waals surface area contributed by atoms with Gasteiger partial charge in [0, 0.05) is 10.5 Å². The van der Waals surface area contributed by atoms with Gasteiger partial charge in [0.25, 0.3) is 0 Å². The van der Waals surface area contributed by atoms with E-state index in [4.69, 9.17) is 4.74 Å². The number of hydrogen-bond donors (Lipinski definition) is 1. The van der Waals surface area contributed by atoms with Gasteiger partial charge in [0.15, 0.2) is 0 Å². The molecule has 4 atom stereocenters. The quantitative estimate of drug-likeness (QED) is 0.851. The summed E-state index contributed by atoms with van der Waals surface area (Å²) in [5.74, 6) is 3.31. The van der Waals surface area contributed by atoms with Crippen molar-refractivity contribution in [2.45, 2.75) is 39.2 Å². The summed E-state index contributed by atoms with van der Waals surface area (Å²) in [5.41, 5.74) is 1.32. The molecule has 0 spiro atoms. The summed E-state index contributed by atoms with van der Waals surface area (Å²) in [5, 5.41) is 3.53. The summed E-state index contributed by atoms with van der Waals surface area (Å²) in [4.78, 5) is 0. The van der Waals surface area contributed by atoms with Crippen molar-refractivity contribution < 1.29 is 4.74 Å². The van der Waals surface area contributed by atoms with Crippen LogP contribution in [0.5, 0.6) is 5.75 Å². The lowest BCUT2D eigenvalue weighted by atomic mass is 9.72. The summed E-state index contributed by atoms with van der Waals surface area (Å²) in [6.45, 7) is 4.78. The van der Waals surface area contributed by atoms with E-state index in [1.54, 1.807) is 7.11 Å². The van der Waals surface area contributed by atoms with Gasteiger partial charge in [-0.15, -0.1) is 0 Å².